The number of hydrogen-bond donors (Lipinski definition) is 1. The van der Waals surface area contributed by atoms with Gasteiger partial charge in [-0.25, -0.2) is 9.18 Å². The lowest BCUT2D eigenvalue weighted by Crippen LogP contribution is -2.09. The van der Waals surface area contributed by atoms with E-state index in [2.05, 4.69) is 21.0 Å². The predicted molar refractivity (Wildman–Crippen MR) is 50.8 cm³/mol. The third-order valence-corrected chi connectivity index (χ3v) is 2.36. The van der Waals surface area contributed by atoms with Crippen LogP contribution in [0.1, 0.15) is 0 Å². The van der Waals surface area contributed by atoms with Crippen LogP contribution in [0.25, 0.3) is 10.9 Å². The third-order valence-electron chi connectivity index (χ3n) is 1.78. The van der Waals surface area contributed by atoms with Gasteiger partial charge in [0.1, 0.15) is 10.4 Å². The Hall–Kier alpha value is -1.43. The number of nitrogens with zero attached hydrogens (tertiary/aromatic N) is 2. The molecule has 6 heteroatoms. The summed E-state index contributed by atoms with van der Waals surface area (Å²) in [6.45, 7) is 0. The van der Waals surface area contributed by atoms with Crippen molar-refractivity contribution in [2.45, 2.75) is 0 Å². The number of aromatic nitrogens is 2. The van der Waals surface area contributed by atoms with Crippen LogP contribution in [-0.4, -0.2) is 21.0 Å². The van der Waals surface area contributed by atoms with Crippen LogP contribution >= 0.6 is 15.9 Å². The second-order valence-corrected chi connectivity index (χ2v) is 3.40. The van der Waals surface area contributed by atoms with E-state index >= 15 is 0 Å². The van der Waals surface area contributed by atoms with Gasteiger partial charge in [-0.2, -0.15) is 9.78 Å². The quantitative estimate of drug-likeness (QED) is 0.790. The molecule has 1 heterocycles. The molecule has 0 saturated carbocycles. The Morgan fingerprint density at radius 1 is 1.57 bits per heavy atom. The third kappa shape index (κ3) is 1.27. The molecule has 0 fully saturated rings. The Morgan fingerprint density at radius 2 is 2.29 bits per heavy atom. The minimum Gasteiger partial charge on any atom is -0.463 e. The number of halogens is 2. The summed E-state index contributed by atoms with van der Waals surface area (Å²) in [4.78, 5) is 10.7. The van der Waals surface area contributed by atoms with E-state index in [1.165, 1.54) is 18.2 Å². The Bertz CT molecular complexity index is 523. The highest BCUT2D eigenvalue weighted by Crippen LogP contribution is 2.23. The second-order valence-electron chi connectivity index (χ2n) is 2.65. The van der Waals surface area contributed by atoms with Gasteiger partial charge in [0.15, 0.2) is 0 Å². The molecule has 1 aromatic carbocycles. The molecule has 0 aliphatic heterocycles. The monoisotopic (exact) mass is 258 g/mol. The lowest BCUT2D eigenvalue weighted by Gasteiger charge is -1.94. The number of fused-ring (bicyclic) bond motifs is 1. The van der Waals surface area contributed by atoms with E-state index in [1.54, 1.807) is 0 Å². The van der Waals surface area contributed by atoms with Crippen molar-refractivity contribution in [2.24, 2.45) is 0 Å². The van der Waals surface area contributed by atoms with Gasteiger partial charge >= 0.3 is 6.09 Å². The van der Waals surface area contributed by atoms with Crippen molar-refractivity contribution in [3.05, 3.63) is 28.6 Å². The molecule has 14 heavy (non-hydrogen) atoms. The SMILES string of the molecule is O=C(O)n1nc(Br)c2cc(F)ccc21. The van der Waals surface area contributed by atoms with Gasteiger partial charge in [-0.05, 0) is 34.1 Å². The second kappa shape index (κ2) is 3.06. The van der Waals surface area contributed by atoms with Crippen LogP contribution in [-0.2, 0) is 0 Å². The molecule has 0 aliphatic rings. The highest BCUT2D eigenvalue weighted by molar-refractivity contribution is 9.10. The molecule has 4 nitrogen and oxygen atoms in total. The van der Waals surface area contributed by atoms with Crippen LogP contribution in [0.4, 0.5) is 9.18 Å². The fourth-order valence-corrected chi connectivity index (χ4v) is 1.68. The number of hydrogen-bond acceptors (Lipinski definition) is 2. The molecule has 0 saturated heterocycles. The normalized spacial score (nSPS) is 10.7. The van der Waals surface area contributed by atoms with Gasteiger partial charge in [0.2, 0.25) is 0 Å². The van der Waals surface area contributed by atoms with Crippen LogP contribution in [0.15, 0.2) is 22.8 Å². The number of carbonyl (C=O) groups is 1. The van der Waals surface area contributed by atoms with Gasteiger partial charge in [-0.3, -0.25) is 0 Å². The van der Waals surface area contributed by atoms with Crippen LogP contribution in [0.3, 0.4) is 0 Å². The van der Waals surface area contributed by atoms with Crippen molar-refractivity contribution >= 4 is 32.9 Å². The number of carboxylic acid groups (broad SMARTS) is 1. The molecule has 2 aromatic rings. The molecule has 0 radical (unpaired) electrons. The van der Waals surface area contributed by atoms with Crippen molar-refractivity contribution in [1.29, 1.82) is 0 Å². The van der Waals surface area contributed by atoms with Crippen molar-refractivity contribution in [3.63, 3.8) is 0 Å². The molecule has 0 unspecified atom stereocenters. The summed E-state index contributed by atoms with van der Waals surface area (Å²) in [5.41, 5.74) is 0.353. The van der Waals surface area contributed by atoms with Crippen LogP contribution in [0, 0.1) is 5.82 Å². The zero-order chi connectivity index (χ0) is 10.3. The van der Waals surface area contributed by atoms with Crippen molar-refractivity contribution in [3.8, 4) is 0 Å². The Balaban J connectivity index is 2.84. The molecule has 72 valence electrons. The molecule has 0 bridgehead atoms. The van der Waals surface area contributed by atoms with Gasteiger partial charge in [-0.15, -0.1) is 0 Å². The van der Waals surface area contributed by atoms with Gasteiger partial charge < -0.3 is 5.11 Å². The number of rotatable bonds is 0. The fraction of sp³-hybridized carbons (Fsp3) is 0. The van der Waals surface area contributed by atoms with Gasteiger partial charge in [-0.1, -0.05) is 0 Å². The minimum atomic E-state index is -1.20. The minimum absolute atomic E-state index is 0.314. The van der Waals surface area contributed by atoms with Crippen LogP contribution < -0.4 is 0 Å². The van der Waals surface area contributed by atoms with E-state index in [0.29, 0.717) is 15.5 Å². The maximum absolute atomic E-state index is 12.8. The lowest BCUT2D eigenvalue weighted by atomic mass is 10.2. The maximum atomic E-state index is 12.8. The van der Waals surface area contributed by atoms with Gasteiger partial charge in [0.05, 0.1) is 5.52 Å². The zero-order valence-corrected chi connectivity index (χ0v) is 8.32. The summed E-state index contributed by atoms with van der Waals surface area (Å²) in [6.07, 6.45) is -1.20. The molecular formula is C8H4BrFN2O2. The highest BCUT2D eigenvalue weighted by Gasteiger charge is 2.13. The van der Waals surface area contributed by atoms with Gasteiger partial charge in [0.25, 0.3) is 0 Å². The Labute approximate surface area is 86.1 Å². The molecule has 0 atom stereocenters. The zero-order valence-electron chi connectivity index (χ0n) is 6.74. The average Bonchev–Trinajstić information content (AvgIpc) is 2.44. The largest absolute Gasteiger partial charge is 0.463 e. The average molecular weight is 259 g/mol. The molecule has 0 spiro atoms. The molecular weight excluding hydrogens is 255 g/mol. The summed E-state index contributed by atoms with van der Waals surface area (Å²) in [6, 6.07) is 3.79. The first-order chi connectivity index (χ1) is 6.59. The smallest absolute Gasteiger partial charge is 0.432 e. The van der Waals surface area contributed by atoms with E-state index < -0.39 is 11.9 Å². The summed E-state index contributed by atoms with van der Waals surface area (Å²) >= 11 is 3.06. The molecule has 1 N–H and O–H groups in total. The summed E-state index contributed by atoms with van der Waals surface area (Å²) in [5.74, 6) is -0.428. The standard InChI is InChI=1S/C8H4BrFN2O2/c9-7-5-3-4(10)1-2-6(5)12(11-7)8(13)14/h1-3H,(H,13,14). The topological polar surface area (TPSA) is 55.1 Å². The maximum Gasteiger partial charge on any atom is 0.432 e. The fourth-order valence-electron chi connectivity index (χ4n) is 1.20. The molecule has 0 amide bonds. The van der Waals surface area contributed by atoms with Crippen molar-refractivity contribution < 1.29 is 14.3 Å². The molecule has 2 rings (SSSR count). The van der Waals surface area contributed by atoms with E-state index in [-0.39, 0.29) is 0 Å². The highest BCUT2D eigenvalue weighted by atomic mass is 79.9. The van der Waals surface area contributed by atoms with Crippen LogP contribution in [0.5, 0.6) is 0 Å². The lowest BCUT2D eigenvalue weighted by molar-refractivity contribution is 0.194. The summed E-state index contributed by atoms with van der Waals surface area (Å²) in [5, 5.41) is 12.9. The first-order valence-electron chi connectivity index (χ1n) is 3.66. The van der Waals surface area contributed by atoms with Gasteiger partial charge in [0, 0.05) is 5.39 Å². The van der Waals surface area contributed by atoms with E-state index in [4.69, 9.17) is 5.11 Å². The van der Waals surface area contributed by atoms with E-state index in [9.17, 15) is 9.18 Å². The first-order valence-corrected chi connectivity index (χ1v) is 4.46. The van der Waals surface area contributed by atoms with E-state index in [1.807, 2.05) is 0 Å². The Kier molecular flexibility index (Phi) is 1.99. The molecule has 0 aliphatic carbocycles. The van der Waals surface area contributed by atoms with Crippen molar-refractivity contribution in [1.82, 2.24) is 9.78 Å². The molecule has 1 aromatic heterocycles. The summed E-state index contributed by atoms with van der Waals surface area (Å²) < 4.78 is 13.9. The van der Waals surface area contributed by atoms with E-state index in [0.717, 1.165) is 4.68 Å². The van der Waals surface area contributed by atoms with Crippen LogP contribution in [0.2, 0.25) is 0 Å². The number of benzene rings is 1. The first kappa shape index (κ1) is 9.14. The van der Waals surface area contributed by atoms with Crippen molar-refractivity contribution in [2.75, 3.05) is 0 Å². The predicted octanol–water partition coefficient (Wildman–Crippen LogP) is 2.46. The Morgan fingerprint density at radius 3 is 2.93 bits per heavy atom. The summed E-state index contributed by atoms with van der Waals surface area (Å²) in [7, 11) is 0.